The summed E-state index contributed by atoms with van der Waals surface area (Å²) in [5.41, 5.74) is 0.908. The van der Waals surface area contributed by atoms with Crippen LogP contribution < -0.4 is 10.2 Å². The predicted octanol–water partition coefficient (Wildman–Crippen LogP) is 1.98. The fourth-order valence-electron chi connectivity index (χ4n) is 3.27. The Morgan fingerprint density at radius 3 is 2.52 bits per heavy atom. The van der Waals surface area contributed by atoms with E-state index in [9.17, 15) is 0 Å². The molecule has 4 rings (SSSR count). The van der Waals surface area contributed by atoms with Gasteiger partial charge in [0.25, 0.3) is 0 Å². The van der Waals surface area contributed by atoms with E-state index < -0.39 is 0 Å². The van der Waals surface area contributed by atoms with Crippen molar-refractivity contribution in [2.45, 2.75) is 44.6 Å². The first-order valence-corrected chi connectivity index (χ1v) is 8.51. The Labute approximate surface area is 134 Å². The number of nitrogens with one attached hydrogen (secondary N) is 1. The minimum atomic E-state index is 0.250. The summed E-state index contributed by atoms with van der Waals surface area (Å²) in [6.07, 6.45) is 7.38. The molecule has 2 aromatic heterocycles. The van der Waals surface area contributed by atoms with Gasteiger partial charge in [-0.25, -0.2) is 14.6 Å². The van der Waals surface area contributed by atoms with E-state index in [0.29, 0.717) is 11.3 Å². The topological polar surface area (TPSA) is 89.2 Å². The lowest BCUT2D eigenvalue weighted by atomic mass is 10.2. The molecule has 8 nitrogen and oxygen atoms in total. The van der Waals surface area contributed by atoms with Gasteiger partial charge in [0, 0.05) is 26.2 Å². The molecule has 23 heavy (non-hydrogen) atoms. The second-order valence-corrected chi connectivity index (χ2v) is 6.22. The van der Waals surface area contributed by atoms with Gasteiger partial charge in [-0.2, -0.15) is 0 Å². The summed E-state index contributed by atoms with van der Waals surface area (Å²) in [4.78, 5) is 11.5. The van der Waals surface area contributed by atoms with E-state index in [-0.39, 0.29) is 6.10 Å². The molecular weight excluding hydrogens is 296 g/mol. The van der Waals surface area contributed by atoms with Crippen LogP contribution in [0.15, 0.2) is 4.63 Å². The van der Waals surface area contributed by atoms with Gasteiger partial charge < -0.3 is 15.0 Å². The molecular formula is C15H22N6O2. The van der Waals surface area contributed by atoms with E-state index in [0.717, 1.165) is 50.7 Å². The molecule has 0 amide bonds. The third-order valence-corrected chi connectivity index (χ3v) is 4.52. The van der Waals surface area contributed by atoms with Crippen LogP contribution in [0.25, 0.3) is 11.3 Å². The van der Waals surface area contributed by atoms with Crippen LogP contribution >= 0.6 is 0 Å². The normalized spacial score (nSPS) is 22.4. The highest BCUT2D eigenvalue weighted by Gasteiger charge is 2.21. The first-order chi connectivity index (χ1) is 11.4. The van der Waals surface area contributed by atoms with Crippen molar-refractivity contribution in [2.75, 3.05) is 36.5 Å². The Morgan fingerprint density at radius 1 is 1.00 bits per heavy atom. The maximum absolute atomic E-state index is 5.68. The predicted molar refractivity (Wildman–Crippen MR) is 85.5 cm³/mol. The third-order valence-electron chi connectivity index (χ3n) is 4.52. The Morgan fingerprint density at radius 2 is 1.78 bits per heavy atom. The molecule has 2 aromatic rings. The van der Waals surface area contributed by atoms with Crippen LogP contribution in [0.2, 0.25) is 0 Å². The van der Waals surface area contributed by atoms with Crippen LogP contribution in [-0.4, -0.2) is 52.6 Å². The van der Waals surface area contributed by atoms with Crippen molar-refractivity contribution in [1.82, 2.24) is 20.3 Å². The molecule has 2 aliphatic heterocycles. The van der Waals surface area contributed by atoms with Gasteiger partial charge in [-0.3, -0.25) is 0 Å². The van der Waals surface area contributed by atoms with E-state index in [4.69, 9.17) is 9.37 Å². The highest BCUT2D eigenvalue weighted by molar-refractivity contribution is 5.74. The van der Waals surface area contributed by atoms with Gasteiger partial charge >= 0.3 is 0 Å². The number of ether oxygens (including phenoxy) is 1. The van der Waals surface area contributed by atoms with Gasteiger partial charge in [-0.15, -0.1) is 0 Å². The van der Waals surface area contributed by atoms with E-state index in [2.05, 4.69) is 30.5 Å². The lowest BCUT2D eigenvalue weighted by molar-refractivity contribution is 0.120. The monoisotopic (exact) mass is 318 g/mol. The lowest BCUT2D eigenvalue weighted by Gasteiger charge is -2.23. The number of hydrogen-bond acceptors (Lipinski definition) is 8. The molecule has 1 atom stereocenters. The molecule has 1 N–H and O–H groups in total. The van der Waals surface area contributed by atoms with Gasteiger partial charge in [0.2, 0.25) is 11.3 Å². The zero-order valence-electron chi connectivity index (χ0n) is 13.2. The van der Waals surface area contributed by atoms with Crippen molar-refractivity contribution in [1.29, 1.82) is 0 Å². The highest BCUT2D eigenvalue weighted by atomic mass is 16.6. The Hall–Kier alpha value is -1.96. The summed E-state index contributed by atoms with van der Waals surface area (Å²) in [7, 11) is 0. The van der Waals surface area contributed by atoms with Crippen LogP contribution in [-0.2, 0) is 4.74 Å². The number of rotatable bonds is 4. The van der Waals surface area contributed by atoms with Crippen molar-refractivity contribution in [3.63, 3.8) is 0 Å². The number of aromatic nitrogens is 4. The van der Waals surface area contributed by atoms with Crippen molar-refractivity contribution < 1.29 is 9.37 Å². The van der Waals surface area contributed by atoms with E-state index in [1.165, 1.54) is 25.7 Å². The van der Waals surface area contributed by atoms with Crippen molar-refractivity contribution in [3.8, 4) is 0 Å². The minimum absolute atomic E-state index is 0.250. The number of fused-ring (bicyclic) bond motifs is 1. The molecule has 124 valence electrons. The first kappa shape index (κ1) is 14.6. The number of hydrogen-bond donors (Lipinski definition) is 1. The molecule has 8 heteroatoms. The van der Waals surface area contributed by atoms with Crippen molar-refractivity contribution in [3.05, 3.63) is 0 Å². The fraction of sp³-hybridized carbons (Fsp3) is 0.733. The fourth-order valence-corrected chi connectivity index (χ4v) is 3.27. The van der Waals surface area contributed by atoms with Crippen LogP contribution in [0.4, 0.5) is 11.6 Å². The molecule has 0 unspecified atom stereocenters. The Balaban J connectivity index is 1.60. The molecule has 4 heterocycles. The molecule has 0 aliphatic carbocycles. The summed E-state index contributed by atoms with van der Waals surface area (Å²) in [6.45, 7) is 3.59. The summed E-state index contributed by atoms with van der Waals surface area (Å²) in [5, 5.41) is 11.1. The lowest BCUT2D eigenvalue weighted by Crippen LogP contribution is -2.28. The van der Waals surface area contributed by atoms with Crippen LogP contribution in [0.5, 0.6) is 0 Å². The summed E-state index contributed by atoms with van der Waals surface area (Å²) in [5.74, 6) is 1.61. The smallest absolute Gasteiger partial charge is 0.245 e. The average Bonchev–Trinajstić information content (AvgIpc) is 3.17. The molecule has 2 fully saturated rings. The molecule has 0 aromatic carbocycles. The van der Waals surface area contributed by atoms with Crippen molar-refractivity contribution in [2.24, 2.45) is 0 Å². The zero-order chi connectivity index (χ0) is 15.5. The standard InChI is InChI=1S/C15H22N6O2/c1-2-4-8-21(7-3-1)15-14(16-10-11-6-5-9-22-11)17-12-13(18-15)20-23-19-12/h11H,1-10H2,(H,16,17,19)/t11-/m1/s1. The molecule has 2 saturated heterocycles. The molecule has 2 aliphatic rings. The molecule has 0 bridgehead atoms. The number of anilines is 2. The van der Waals surface area contributed by atoms with E-state index in [1.54, 1.807) is 0 Å². The maximum Gasteiger partial charge on any atom is 0.245 e. The van der Waals surface area contributed by atoms with E-state index >= 15 is 0 Å². The summed E-state index contributed by atoms with van der Waals surface area (Å²) < 4.78 is 10.5. The van der Waals surface area contributed by atoms with Gasteiger partial charge in [0.05, 0.1) is 6.10 Å². The SMILES string of the molecule is C1CCCN(c2nc3nonc3nc2NC[C@H]2CCCO2)CC1. The van der Waals surface area contributed by atoms with Crippen LogP contribution in [0.1, 0.15) is 38.5 Å². The van der Waals surface area contributed by atoms with Crippen LogP contribution in [0.3, 0.4) is 0 Å². The molecule has 0 radical (unpaired) electrons. The minimum Gasteiger partial charge on any atom is -0.376 e. The van der Waals surface area contributed by atoms with Gasteiger partial charge in [-0.05, 0) is 36.0 Å². The maximum atomic E-state index is 5.68. The van der Waals surface area contributed by atoms with E-state index in [1.807, 2.05) is 0 Å². The van der Waals surface area contributed by atoms with Crippen molar-refractivity contribution >= 4 is 22.9 Å². The van der Waals surface area contributed by atoms with Gasteiger partial charge in [-0.1, -0.05) is 12.8 Å². The average molecular weight is 318 g/mol. The van der Waals surface area contributed by atoms with Crippen LogP contribution in [0, 0.1) is 0 Å². The number of nitrogens with zero attached hydrogens (tertiary/aromatic N) is 5. The third kappa shape index (κ3) is 3.21. The molecule has 0 saturated carbocycles. The zero-order valence-corrected chi connectivity index (χ0v) is 13.2. The Kier molecular flexibility index (Phi) is 4.23. The quantitative estimate of drug-likeness (QED) is 0.915. The highest BCUT2D eigenvalue weighted by Crippen LogP contribution is 2.26. The summed E-state index contributed by atoms with van der Waals surface area (Å²) >= 11 is 0. The van der Waals surface area contributed by atoms with Gasteiger partial charge in [0.15, 0.2) is 11.6 Å². The second kappa shape index (κ2) is 6.66. The second-order valence-electron chi connectivity index (χ2n) is 6.22. The largest absolute Gasteiger partial charge is 0.376 e. The Bertz CT molecular complexity index is 646. The first-order valence-electron chi connectivity index (χ1n) is 8.51. The summed E-state index contributed by atoms with van der Waals surface area (Å²) in [6, 6.07) is 0. The van der Waals surface area contributed by atoms with Gasteiger partial charge in [0.1, 0.15) is 0 Å². The molecule has 0 spiro atoms.